The van der Waals surface area contributed by atoms with Crippen molar-refractivity contribution < 1.29 is 14.2 Å². The van der Waals surface area contributed by atoms with E-state index in [0.717, 1.165) is 42.7 Å². The molecule has 0 saturated carbocycles. The maximum Gasteiger partial charge on any atom is 0.191 e. The van der Waals surface area contributed by atoms with Crippen molar-refractivity contribution in [1.29, 1.82) is 0 Å². The van der Waals surface area contributed by atoms with Crippen molar-refractivity contribution in [2.75, 3.05) is 46.7 Å². The molecule has 1 aromatic rings. The molecular weight excluding hydrogens is 477 g/mol. The second-order valence-corrected chi connectivity index (χ2v) is 8.19. The molecule has 1 unspecified atom stereocenters. The molecule has 0 radical (unpaired) electrons. The first-order valence-corrected chi connectivity index (χ1v) is 10.0. The molecule has 1 aliphatic heterocycles. The minimum atomic E-state index is 0. The number of guanidine groups is 1. The zero-order valence-corrected chi connectivity index (χ0v) is 19.8. The number of aliphatic imine (C=N–C) groups is 1. The maximum atomic E-state index is 5.80. The molecule has 2 N–H and O–H groups in total. The van der Waals surface area contributed by atoms with E-state index < -0.39 is 0 Å². The van der Waals surface area contributed by atoms with Gasteiger partial charge >= 0.3 is 0 Å². The lowest BCUT2D eigenvalue weighted by atomic mass is 10.1. The van der Waals surface area contributed by atoms with Crippen molar-refractivity contribution in [2.45, 2.75) is 30.9 Å². The molecule has 1 fully saturated rings. The van der Waals surface area contributed by atoms with Gasteiger partial charge in [0.15, 0.2) is 5.96 Å². The summed E-state index contributed by atoms with van der Waals surface area (Å²) < 4.78 is 16.6. The summed E-state index contributed by atoms with van der Waals surface area (Å²) in [6, 6.07) is 5.54. The number of hydrogen-bond donors (Lipinski definition) is 2. The lowest BCUT2D eigenvalue weighted by Crippen LogP contribution is -2.44. The normalized spacial score (nSPS) is 19.2. The third kappa shape index (κ3) is 8.25. The lowest BCUT2D eigenvalue weighted by molar-refractivity contribution is 0.305. The highest BCUT2D eigenvalue weighted by atomic mass is 127. The summed E-state index contributed by atoms with van der Waals surface area (Å²) in [6.07, 6.45) is 3.44. The zero-order valence-electron chi connectivity index (χ0n) is 16.7. The van der Waals surface area contributed by atoms with Gasteiger partial charge < -0.3 is 24.8 Å². The molecule has 0 bridgehead atoms. The largest absolute Gasteiger partial charge is 0.496 e. The van der Waals surface area contributed by atoms with Gasteiger partial charge in [-0.1, -0.05) is 0 Å². The molecule has 0 aliphatic carbocycles. The van der Waals surface area contributed by atoms with E-state index in [0.29, 0.717) is 11.4 Å². The average molecular weight is 509 g/mol. The van der Waals surface area contributed by atoms with E-state index in [1.54, 1.807) is 21.3 Å². The number of methoxy groups -OCH3 is 2. The third-order valence-electron chi connectivity index (χ3n) is 4.36. The lowest BCUT2D eigenvalue weighted by Gasteiger charge is -2.24. The average Bonchev–Trinajstić information content (AvgIpc) is 3.10. The molecule has 1 heterocycles. The van der Waals surface area contributed by atoms with E-state index >= 15 is 0 Å². The van der Waals surface area contributed by atoms with Gasteiger partial charge in [-0.25, -0.2) is 0 Å². The minimum Gasteiger partial charge on any atom is -0.496 e. The Kier molecular flexibility index (Phi) is 11.1. The third-order valence-corrected chi connectivity index (χ3v) is 5.90. The van der Waals surface area contributed by atoms with Gasteiger partial charge in [0.05, 0.1) is 20.8 Å². The molecule has 1 saturated heterocycles. The van der Waals surface area contributed by atoms with Crippen LogP contribution in [0.25, 0.3) is 0 Å². The Morgan fingerprint density at radius 1 is 1.15 bits per heavy atom. The smallest absolute Gasteiger partial charge is 0.191 e. The Hall–Kier alpha value is -1.03. The van der Waals surface area contributed by atoms with Crippen LogP contribution in [-0.2, 0) is 0 Å². The SMILES string of the molecule is CN=C(NCCCOc1cc(OC)cc(OC)c1)NCC1(C)CCCS1.I. The monoisotopic (exact) mass is 509 g/mol. The Balaban J connectivity index is 0.00000364. The topological polar surface area (TPSA) is 64.1 Å². The van der Waals surface area contributed by atoms with E-state index in [1.807, 2.05) is 30.0 Å². The first-order chi connectivity index (χ1) is 12.6. The van der Waals surface area contributed by atoms with Crippen molar-refractivity contribution in [3.05, 3.63) is 18.2 Å². The van der Waals surface area contributed by atoms with Crippen LogP contribution in [0, 0.1) is 0 Å². The van der Waals surface area contributed by atoms with E-state index in [9.17, 15) is 0 Å². The van der Waals surface area contributed by atoms with Gasteiger partial charge in [0.25, 0.3) is 0 Å². The minimum absolute atomic E-state index is 0. The zero-order chi connectivity index (χ0) is 18.8. The number of halogens is 1. The van der Waals surface area contributed by atoms with Crippen LogP contribution < -0.4 is 24.8 Å². The highest BCUT2D eigenvalue weighted by Crippen LogP contribution is 2.36. The number of nitrogens with zero attached hydrogens (tertiary/aromatic N) is 1. The van der Waals surface area contributed by atoms with Gasteiger partial charge in [0.1, 0.15) is 17.2 Å². The number of ether oxygens (including phenoxy) is 3. The summed E-state index contributed by atoms with van der Waals surface area (Å²) in [4.78, 5) is 4.29. The number of benzene rings is 1. The summed E-state index contributed by atoms with van der Waals surface area (Å²) >= 11 is 2.05. The van der Waals surface area contributed by atoms with Crippen LogP contribution in [0.4, 0.5) is 0 Å². The summed E-state index contributed by atoms with van der Waals surface area (Å²) in [5.74, 6) is 4.30. The number of hydrogen-bond acceptors (Lipinski definition) is 5. The Morgan fingerprint density at radius 3 is 2.37 bits per heavy atom. The van der Waals surface area contributed by atoms with Crippen LogP contribution in [0.3, 0.4) is 0 Å². The van der Waals surface area contributed by atoms with Gasteiger partial charge in [-0.15, -0.1) is 24.0 Å². The van der Waals surface area contributed by atoms with Gasteiger partial charge in [0.2, 0.25) is 0 Å². The second-order valence-electron chi connectivity index (χ2n) is 6.50. The fourth-order valence-corrected chi connectivity index (χ4v) is 4.05. The molecule has 8 heteroatoms. The molecule has 27 heavy (non-hydrogen) atoms. The van der Waals surface area contributed by atoms with Crippen molar-refractivity contribution in [1.82, 2.24) is 10.6 Å². The molecule has 0 spiro atoms. The first kappa shape index (κ1) is 24.0. The van der Waals surface area contributed by atoms with E-state index in [1.165, 1.54) is 18.6 Å². The van der Waals surface area contributed by atoms with Crippen molar-refractivity contribution in [2.24, 2.45) is 4.99 Å². The summed E-state index contributed by atoms with van der Waals surface area (Å²) in [6.45, 7) is 4.66. The highest BCUT2D eigenvalue weighted by molar-refractivity contribution is 14.0. The van der Waals surface area contributed by atoms with Crippen LogP contribution in [0.2, 0.25) is 0 Å². The van der Waals surface area contributed by atoms with Crippen molar-refractivity contribution in [3.63, 3.8) is 0 Å². The van der Waals surface area contributed by atoms with Gasteiger partial charge in [-0.05, 0) is 31.9 Å². The van der Waals surface area contributed by atoms with Crippen molar-refractivity contribution in [3.8, 4) is 17.2 Å². The number of nitrogens with one attached hydrogen (secondary N) is 2. The van der Waals surface area contributed by atoms with E-state index in [2.05, 4.69) is 22.5 Å². The Labute approximate surface area is 184 Å². The van der Waals surface area contributed by atoms with Crippen LogP contribution in [0.15, 0.2) is 23.2 Å². The molecule has 2 rings (SSSR count). The standard InChI is InChI=1S/C19H31N3O3S.HI/c1-19(7-5-10-26-19)14-22-18(20-2)21-8-6-9-25-17-12-15(23-3)11-16(13-17)24-4;/h11-13H,5-10,14H2,1-4H3,(H2,20,21,22);1H. The predicted octanol–water partition coefficient (Wildman–Crippen LogP) is 3.54. The van der Waals surface area contributed by atoms with Crippen LogP contribution in [-0.4, -0.2) is 57.4 Å². The summed E-state index contributed by atoms with van der Waals surface area (Å²) in [5.41, 5.74) is 0. The van der Waals surface area contributed by atoms with Crippen molar-refractivity contribution >= 4 is 41.7 Å². The Bertz CT molecular complexity index is 573. The molecular formula is C19H32IN3O3S. The summed E-state index contributed by atoms with van der Waals surface area (Å²) in [5, 5.41) is 6.78. The molecule has 1 aliphatic rings. The number of thioether (sulfide) groups is 1. The molecule has 1 atom stereocenters. The van der Waals surface area contributed by atoms with Crippen LogP contribution >= 0.6 is 35.7 Å². The van der Waals surface area contributed by atoms with Crippen LogP contribution in [0.1, 0.15) is 26.2 Å². The van der Waals surface area contributed by atoms with Gasteiger partial charge in [-0.2, -0.15) is 11.8 Å². The Morgan fingerprint density at radius 2 is 1.81 bits per heavy atom. The first-order valence-electron chi connectivity index (χ1n) is 9.03. The quantitative estimate of drug-likeness (QED) is 0.230. The van der Waals surface area contributed by atoms with Crippen LogP contribution in [0.5, 0.6) is 17.2 Å². The second kappa shape index (κ2) is 12.4. The molecule has 1 aromatic carbocycles. The fourth-order valence-electron chi connectivity index (χ4n) is 2.80. The van der Waals surface area contributed by atoms with E-state index in [-0.39, 0.29) is 24.0 Å². The maximum absolute atomic E-state index is 5.80. The van der Waals surface area contributed by atoms with E-state index in [4.69, 9.17) is 14.2 Å². The molecule has 0 amide bonds. The fraction of sp³-hybridized carbons (Fsp3) is 0.632. The molecule has 154 valence electrons. The van der Waals surface area contributed by atoms with Gasteiger partial charge in [-0.3, -0.25) is 4.99 Å². The highest BCUT2D eigenvalue weighted by Gasteiger charge is 2.29. The predicted molar refractivity (Wildman–Crippen MR) is 125 cm³/mol. The molecule has 0 aromatic heterocycles. The number of rotatable bonds is 9. The summed E-state index contributed by atoms with van der Waals surface area (Å²) in [7, 11) is 5.07. The van der Waals surface area contributed by atoms with Gasteiger partial charge in [0, 0.05) is 43.1 Å². The molecule has 6 nitrogen and oxygen atoms in total.